The minimum absolute atomic E-state index is 0. The molecule has 0 radical (unpaired) electrons. The number of rotatable bonds is 4. The molecule has 0 amide bonds. The van der Waals surface area contributed by atoms with Crippen molar-refractivity contribution < 1.29 is 13.2 Å². The number of nitrogens with one attached hydrogen (secondary N) is 1. The Hall–Kier alpha value is 0.120. The van der Waals surface area contributed by atoms with Gasteiger partial charge in [0, 0.05) is 18.7 Å². The Morgan fingerprint density at radius 3 is 2.53 bits per heavy atom. The zero-order chi connectivity index (χ0) is 11.6. The van der Waals surface area contributed by atoms with E-state index in [9.17, 15) is 8.42 Å². The number of sulfonamides is 1. The Labute approximate surface area is 109 Å². The maximum atomic E-state index is 11.9. The van der Waals surface area contributed by atoms with Crippen molar-refractivity contribution in [1.82, 2.24) is 4.72 Å². The van der Waals surface area contributed by atoms with Crippen LogP contribution < -0.4 is 10.5 Å². The number of ether oxygens (including phenoxy) is 1. The van der Waals surface area contributed by atoms with Gasteiger partial charge in [0.15, 0.2) is 0 Å². The number of halogens is 1. The second kappa shape index (κ2) is 5.84. The summed E-state index contributed by atoms with van der Waals surface area (Å²) in [4.78, 5) is 0. The Morgan fingerprint density at radius 1 is 1.35 bits per heavy atom. The molecule has 1 atom stereocenters. The van der Waals surface area contributed by atoms with Crippen LogP contribution in [0.15, 0.2) is 0 Å². The minimum atomic E-state index is -3.25. The second-order valence-electron chi connectivity index (χ2n) is 4.92. The zero-order valence-corrected chi connectivity index (χ0v) is 11.5. The topological polar surface area (TPSA) is 81.4 Å². The fraction of sp³-hybridized carbons (Fsp3) is 1.00. The van der Waals surface area contributed by atoms with Gasteiger partial charge in [-0.2, -0.15) is 0 Å². The van der Waals surface area contributed by atoms with Gasteiger partial charge in [0.2, 0.25) is 10.0 Å². The van der Waals surface area contributed by atoms with Crippen molar-refractivity contribution in [2.45, 2.75) is 42.9 Å². The first-order chi connectivity index (χ1) is 7.52. The summed E-state index contributed by atoms with van der Waals surface area (Å²) in [5.74, 6) is 0. The summed E-state index contributed by atoms with van der Waals surface area (Å²) in [5, 5.41) is -0.398. The number of nitrogens with two attached hydrogens (primary N) is 1. The monoisotopic (exact) mass is 284 g/mol. The maximum absolute atomic E-state index is 11.9. The van der Waals surface area contributed by atoms with Crippen LogP contribution in [-0.4, -0.2) is 39.0 Å². The van der Waals surface area contributed by atoms with Gasteiger partial charge in [-0.1, -0.05) is 0 Å². The lowest BCUT2D eigenvalue weighted by atomic mass is 9.78. The molecule has 7 heteroatoms. The first kappa shape index (κ1) is 15.2. The molecule has 2 rings (SSSR count). The normalized spacial score (nSPS) is 27.9. The van der Waals surface area contributed by atoms with Gasteiger partial charge < -0.3 is 10.5 Å². The van der Waals surface area contributed by atoms with Crippen molar-refractivity contribution in [2.24, 2.45) is 5.73 Å². The van der Waals surface area contributed by atoms with Crippen LogP contribution in [-0.2, 0) is 14.8 Å². The second-order valence-corrected chi connectivity index (χ2v) is 6.97. The summed E-state index contributed by atoms with van der Waals surface area (Å²) in [6, 6.07) is 0. The van der Waals surface area contributed by atoms with Crippen molar-refractivity contribution in [3.8, 4) is 0 Å². The van der Waals surface area contributed by atoms with Gasteiger partial charge >= 0.3 is 0 Å². The van der Waals surface area contributed by atoms with Gasteiger partial charge in [-0.25, -0.2) is 13.1 Å². The lowest BCUT2D eigenvalue weighted by Crippen LogP contribution is -2.56. The highest BCUT2D eigenvalue weighted by atomic mass is 35.5. The van der Waals surface area contributed by atoms with Gasteiger partial charge in [-0.15, -0.1) is 12.4 Å². The third-order valence-corrected chi connectivity index (χ3v) is 5.33. The van der Waals surface area contributed by atoms with Gasteiger partial charge in [0.25, 0.3) is 0 Å². The van der Waals surface area contributed by atoms with Crippen molar-refractivity contribution in [3.05, 3.63) is 0 Å². The Balaban J connectivity index is 0.00000144. The van der Waals surface area contributed by atoms with Crippen molar-refractivity contribution in [2.75, 3.05) is 19.8 Å². The van der Waals surface area contributed by atoms with Crippen LogP contribution in [0, 0.1) is 0 Å². The van der Waals surface area contributed by atoms with E-state index in [1.165, 1.54) is 0 Å². The van der Waals surface area contributed by atoms with Crippen LogP contribution in [0.25, 0.3) is 0 Å². The summed E-state index contributed by atoms with van der Waals surface area (Å²) < 4.78 is 31.7. The van der Waals surface area contributed by atoms with E-state index in [0.29, 0.717) is 26.2 Å². The van der Waals surface area contributed by atoms with E-state index in [-0.39, 0.29) is 17.9 Å². The first-order valence-electron chi connectivity index (χ1n) is 5.87. The lowest BCUT2D eigenvalue weighted by molar-refractivity contribution is 0.0986. The molecule has 102 valence electrons. The summed E-state index contributed by atoms with van der Waals surface area (Å²) in [5.41, 5.74) is 5.68. The molecule has 0 spiro atoms. The van der Waals surface area contributed by atoms with E-state index < -0.39 is 15.3 Å². The van der Waals surface area contributed by atoms with E-state index in [4.69, 9.17) is 10.5 Å². The molecule has 1 saturated carbocycles. The fourth-order valence-corrected chi connectivity index (χ4v) is 3.60. The van der Waals surface area contributed by atoms with E-state index in [1.54, 1.807) is 0 Å². The van der Waals surface area contributed by atoms with Crippen LogP contribution in [0.3, 0.4) is 0 Å². The fourth-order valence-electron chi connectivity index (χ4n) is 2.13. The molecule has 0 aromatic rings. The number of hydrogen-bond donors (Lipinski definition) is 2. The summed E-state index contributed by atoms with van der Waals surface area (Å²) in [6.07, 6.45) is 4.43. The maximum Gasteiger partial charge on any atom is 0.216 e. The van der Waals surface area contributed by atoms with Gasteiger partial charge in [0.1, 0.15) is 0 Å². The van der Waals surface area contributed by atoms with Crippen LogP contribution in [0.4, 0.5) is 0 Å². The molecular formula is C10H21ClN2O3S. The van der Waals surface area contributed by atoms with Crippen LogP contribution in [0.2, 0.25) is 0 Å². The molecule has 0 bridgehead atoms. The zero-order valence-electron chi connectivity index (χ0n) is 9.85. The molecule has 2 fully saturated rings. The average molecular weight is 285 g/mol. The highest BCUT2D eigenvalue weighted by Crippen LogP contribution is 2.28. The molecule has 2 aliphatic rings. The summed E-state index contributed by atoms with van der Waals surface area (Å²) in [7, 11) is -3.25. The Bertz CT molecular complexity index is 337. The SMILES string of the molecule is Cl.NC1(CNS(=O)(=O)C2CCCOC2)CCC1. The van der Waals surface area contributed by atoms with E-state index in [2.05, 4.69) is 4.72 Å². The van der Waals surface area contributed by atoms with E-state index in [1.807, 2.05) is 0 Å². The smallest absolute Gasteiger partial charge is 0.216 e. The molecule has 1 heterocycles. The molecule has 1 aliphatic carbocycles. The third-order valence-electron chi connectivity index (χ3n) is 3.53. The van der Waals surface area contributed by atoms with Gasteiger partial charge in [0.05, 0.1) is 11.9 Å². The predicted octanol–water partition coefficient (Wildman–Crippen LogP) is 0.388. The van der Waals surface area contributed by atoms with Crippen molar-refractivity contribution in [3.63, 3.8) is 0 Å². The largest absolute Gasteiger partial charge is 0.380 e. The predicted molar refractivity (Wildman–Crippen MR) is 68.8 cm³/mol. The molecular weight excluding hydrogens is 264 g/mol. The van der Waals surface area contributed by atoms with Gasteiger partial charge in [-0.3, -0.25) is 0 Å². The molecule has 1 unspecified atom stereocenters. The van der Waals surface area contributed by atoms with E-state index >= 15 is 0 Å². The van der Waals surface area contributed by atoms with Crippen LogP contribution in [0.1, 0.15) is 32.1 Å². The van der Waals surface area contributed by atoms with Crippen LogP contribution in [0.5, 0.6) is 0 Å². The van der Waals surface area contributed by atoms with Gasteiger partial charge in [-0.05, 0) is 32.1 Å². The number of hydrogen-bond acceptors (Lipinski definition) is 4. The summed E-state index contributed by atoms with van der Waals surface area (Å²) >= 11 is 0. The average Bonchev–Trinajstić information content (AvgIpc) is 2.25. The Kier molecular flexibility index (Phi) is 5.21. The standard InChI is InChI=1S/C10H20N2O3S.ClH/c11-10(4-2-5-10)8-12-16(13,14)9-3-1-6-15-7-9;/h9,12H,1-8,11H2;1H. The third kappa shape index (κ3) is 3.79. The molecule has 0 aromatic heterocycles. The molecule has 17 heavy (non-hydrogen) atoms. The highest BCUT2D eigenvalue weighted by Gasteiger charge is 2.35. The van der Waals surface area contributed by atoms with E-state index in [0.717, 1.165) is 25.7 Å². The van der Waals surface area contributed by atoms with Crippen molar-refractivity contribution in [1.29, 1.82) is 0 Å². The summed E-state index contributed by atoms with van der Waals surface area (Å²) in [6.45, 7) is 1.35. The lowest BCUT2D eigenvalue weighted by Gasteiger charge is -2.38. The highest BCUT2D eigenvalue weighted by molar-refractivity contribution is 7.90. The quantitative estimate of drug-likeness (QED) is 0.782. The van der Waals surface area contributed by atoms with Crippen molar-refractivity contribution >= 4 is 22.4 Å². The Morgan fingerprint density at radius 2 is 2.06 bits per heavy atom. The molecule has 1 aliphatic heterocycles. The molecule has 5 nitrogen and oxygen atoms in total. The van der Waals surface area contributed by atoms with Crippen LogP contribution >= 0.6 is 12.4 Å². The molecule has 0 aromatic carbocycles. The molecule has 3 N–H and O–H groups in total. The molecule has 1 saturated heterocycles. The first-order valence-corrected chi connectivity index (χ1v) is 7.42. The minimum Gasteiger partial charge on any atom is -0.380 e.